The molecule has 2 aromatic rings. The summed E-state index contributed by atoms with van der Waals surface area (Å²) < 4.78 is 0. The monoisotopic (exact) mass is 299 g/mol. The molecule has 0 saturated carbocycles. The number of pyridine rings is 1. The zero-order chi connectivity index (χ0) is 15.8. The van der Waals surface area contributed by atoms with Crippen molar-refractivity contribution in [1.29, 1.82) is 0 Å². The van der Waals surface area contributed by atoms with Crippen LogP contribution in [0.2, 0.25) is 5.02 Å². The standard InChI is InChI=1S/C19H22ClN/c1-12(2)18-10-8-15(13(3)21-18)16-11-14(19(4,5)6)7-9-17(16)20/h7-11H,1H2,2-6H3. The van der Waals surface area contributed by atoms with Gasteiger partial charge in [-0.2, -0.15) is 0 Å². The first-order valence-electron chi connectivity index (χ1n) is 7.14. The van der Waals surface area contributed by atoms with E-state index in [0.717, 1.165) is 33.1 Å². The van der Waals surface area contributed by atoms with Gasteiger partial charge in [-0.05, 0) is 48.6 Å². The highest BCUT2D eigenvalue weighted by atomic mass is 35.5. The van der Waals surface area contributed by atoms with Gasteiger partial charge in [-0.25, -0.2) is 0 Å². The Morgan fingerprint density at radius 1 is 1.10 bits per heavy atom. The van der Waals surface area contributed by atoms with Crippen molar-refractivity contribution in [2.24, 2.45) is 0 Å². The van der Waals surface area contributed by atoms with Crippen molar-refractivity contribution >= 4 is 17.2 Å². The Morgan fingerprint density at radius 2 is 1.76 bits per heavy atom. The number of hydrogen-bond acceptors (Lipinski definition) is 1. The number of hydrogen-bond donors (Lipinski definition) is 0. The Labute approximate surface area is 132 Å². The fraction of sp³-hybridized carbons (Fsp3) is 0.316. The Hall–Kier alpha value is -1.60. The smallest absolute Gasteiger partial charge is 0.0656 e. The van der Waals surface area contributed by atoms with Gasteiger partial charge in [0.2, 0.25) is 0 Å². The van der Waals surface area contributed by atoms with Crippen molar-refractivity contribution in [3.8, 4) is 11.1 Å². The van der Waals surface area contributed by atoms with Crippen LogP contribution in [0.4, 0.5) is 0 Å². The first kappa shape index (κ1) is 15.8. The van der Waals surface area contributed by atoms with Gasteiger partial charge in [0.1, 0.15) is 0 Å². The second kappa shape index (κ2) is 5.65. The zero-order valence-electron chi connectivity index (χ0n) is 13.4. The normalized spacial score (nSPS) is 11.5. The summed E-state index contributed by atoms with van der Waals surface area (Å²) >= 11 is 6.41. The Kier molecular flexibility index (Phi) is 4.25. The van der Waals surface area contributed by atoms with E-state index in [0.29, 0.717) is 0 Å². The van der Waals surface area contributed by atoms with Crippen LogP contribution in [0.1, 0.15) is 44.6 Å². The van der Waals surface area contributed by atoms with Crippen LogP contribution in [0.5, 0.6) is 0 Å². The van der Waals surface area contributed by atoms with E-state index < -0.39 is 0 Å². The molecule has 0 amide bonds. The van der Waals surface area contributed by atoms with Gasteiger partial charge in [-0.1, -0.05) is 51.1 Å². The third-order valence-electron chi connectivity index (χ3n) is 3.65. The Morgan fingerprint density at radius 3 is 2.29 bits per heavy atom. The van der Waals surface area contributed by atoms with E-state index in [1.165, 1.54) is 5.56 Å². The highest BCUT2D eigenvalue weighted by molar-refractivity contribution is 6.33. The van der Waals surface area contributed by atoms with Gasteiger partial charge in [0, 0.05) is 21.8 Å². The molecule has 0 unspecified atom stereocenters. The third kappa shape index (κ3) is 3.36. The second-order valence-corrected chi connectivity index (χ2v) is 6.96. The van der Waals surface area contributed by atoms with E-state index >= 15 is 0 Å². The predicted molar refractivity (Wildman–Crippen MR) is 92.8 cm³/mol. The molecule has 0 spiro atoms. The molecule has 0 saturated heterocycles. The average Bonchev–Trinajstić information content (AvgIpc) is 2.38. The SMILES string of the molecule is C=C(C)c1ccc(-c2cc(C(C)(C)C)ccc2Cl)c(C)n1. The van der Waals surface area contributed by atoms with Gasteiger partial charge in [0.05, 0.1) is 5.69 Å². The molecule has 110 valence electrons. The van der Waals surface area contributed by atoms with E-state index in [2.05, 4.69) is 50.5 Å². The van der Waals surface area contributed by atoms with Gasteiger partial charge in [-0.3, -0.25) is 4.98 Å². The van der Waals surface area contributed by atoms with Gasteiger partial charge in [-0.15, -0.1) is 0 Å². The molecule has 2 heteroatoms. The van der Waals surface area contributed by atoms with Gasteiger partial charge in [0.25, 0.3) is 0 Å². The predicted octanol–water partition coefficient (Wildman–Crippen LogP) is 6.04. The second-order valence-electron chi connectivity index (χ2n) is 6.55. The molecule has 2 rings (SSSR count). The molecule has 0 aliphatic carbocycles. The molecule has 0 fully saturated rings. The minimum atomic E-state index is 0.0956. The number of rotatable bonds is 2. The van der Waals surface area contributed by atoms with Crippen LogP contribution < -0.4 is 0 Å². The summed E-state index contributed by atoms with van der Waals surface area (Å²) in [5.41, 5.74) is 6.36. The highest BCUT2D eigenvalue weighted by Crippen LogP contribution is 2.34. The summed E-state index contributed by atoms with van der Waals surface area (Å²) in [7, 11) is 0. The van der Waals surface area contributed by atoms with E-state index in [9.17, 15) is 0 Å². The number of aryl methyl sites for hydroxylation is 1. The lowest BCUT2D eigenvalue weighted by Gasteiger charge is -2.21. The van der Waals surface area contributed by atoms with Crippen LogP contribution in [-0.2, 0) is 5.41 Å². The summed E-state index contributed by atoms with van der Waals surface area (Å²) in [4.78, 5) is 4.62. The lowest BCUT2D eigenvalue weighted by molar-refractivity contribution is 0.590. The maximum atomic E-state index is 6.41. The molecule has 1 aromatic carbocycles. The highest BCUT2D eigenvalue weighted by Gasteiger charge is 2.17. The average molecular weight is 300 g/mol. The molecular weight excluding hydrogens is 278 g/mol. The molecule has 21 heavy (non-hydrogen) atoms. The molecule has 0 aliphatic heterocycles. The summed E-state index contributed by atoms with van der Waals surface area (Å²) in [6.07, 6.45) is 0. The number of allylic oxidation sites excluding steroid dienone is 1. The van der Waals surface area contributed by atoms with Crippen LogP contribution in [0.3, 0.4) is 0 Å². The van der Waals surface area contributed by atoms with Crippen molar-refractivity contribution in [2.75, 3.05) is 0 Å². The van der Waals surface area contributed by atoms with Crippen LogP contribution in [-0.4, -0.2) is 4.98 Å². The van der Waals surface area contributed by atoms with Gasteiger partial charge in [0.15, 0.2) is 0 Å². The molecule has 0 bridgehead atoms. The van der Waals surface area contributed by atoms with Crippen molar-refractivity contribution < 1.29 is 0 Å². The lowest BCUT2D eigenvalue weighted by atomic mass is 9.85. The van der Waals surface area contributed by atoms with E-state index in [1.807, 2.05) is 26.0 Å². The van der Waals surface area contributed by atoms with Crippen molar-refractivity contribution in [3.63, 3.8) is 0 Å². The molecule has 1 heterocycles. The minimum Gasteiger partial charge on any atom is -0.253 e. The van der Waals surface area contributed by atoms with E-state index in [4.69, 9.17) is 11.6 Å². The number of halogens is 1. The van der Waals surface area contributed by atoms with Crippen molar-refractivity contribution in [2.45, 2.75) is 40.0 Å². The van der Waals surface area contributed by atoms with E-state index in [1.54, 1.807) is 0 Å². The van der Waals surface area contributed by atoms with Crippen LogP contribution in [0.25, 0.3) is 16.7 Å². The molecule has 1 nitrogen and oxygen atoms in total. The molecule has 1 aromatic heterocycles. The number of benzene rings is 1. The summed E-state index contributed by atoms with van der Waals surface area (Å²) in [5.74, 6) is 0. The first-order valence-corrected chi connectivity index (χ1v) is 7.52. The third-order valence-corrected chi connectivity index (χ3v) is 3.98. The summed E-state index contributed by atoms with van der Waals surface area (Å²) in [6.45, 7) is 14.5. The fourth-order valence-electron chi connectivity index (χ4n) is 2.28. The molecule has 0 atom stereocenters. The first-order chi connectivity index (χ1) is 9.70. The quantitative estimate of drug-likeness (QED) is 0.658. The van der Waals surface area contributed by atoms with Crippen LogP contribution in [0.15, 0.2) is 36.9 Å². The minimum absolute atomic E-state index is 0.0956. The largest absolute Gasteiger partial charge is 0.253 e. The summed E-state index contributed by atoms with van der Waals surface area (Å²) in [6, 6.07) is 10.3. The Bertz CT molecular complexity index is 693. The zero-order valence-corrected chi connectivity index (χ0v) is 14.2. The molecular formula is C19H22ClN. The van der Waals surface area contributed by atoms with Gasteiger partial charge < -0.3 is 0 Å². The van der Waals surface area contributed by atoms with Crippen molar-refractivity contribution in [1.82, 2.24) is 4.98 Å². The Balaban J connectivity index is 2.59. The lowest BCUT2D eigenvalue weighted by Crippen LogP contribution is -2.11. The molecule has 0 aliphatic rings. The topological polar surface area (TPSA) is 12.9 Å². The van der Waals surface area contributed by atoms with Crippen molar-refractivity contribution in [3.05, 3.63) is 58.9 Å². The van der Waals surface area contributed by atoms with Crippen LogP contribution in [0, 0.1) is 6.92 Å². The maximum Gasteiger partial charge on any atom is 0.0656 e. The maximum absolute atomic E-state index is 6.41. The van der Waals surface area contributed by atoms with Gasteiger partial charge >= 0.3 is 0 Å². The summed E-state index contributed by atoms with van der Waals surface area (Å²) in [5, 5.41) is 0.760. The van der Waals surface area contributed by atoms with E-state index in [-0.39, 0.29) is 5.41 Å². The fourth-order valence-corrected chi connectivity index (χ4v) is 2.50. The number of nitrogens with zero attached hydrogens (tertiary/aromatic N) is 1. The molecule has 0 N–H and O–H groups in total. The number of aromatic nitrogens is 1. The molecule has 0 radical (unpaired) electrons. The van der Waals surface area contributed by atoms with Crippen LogP contribution >= 0.6 is 11.6 Å².